The number of amides is 1. The molecule has 0 radical (unpaired) electrons. The molecule has 0 saturated carbocycles. The maximum Gasteiger partial charge on any atom is 0.258 e. The van der Waals surface area contributed by atoms with Crippen LogP contribution in [0.3, 0.4) is 0 Å². The molecule has 0 saturated heterocycles. The van der Waals surface area contributed by atoms with Gasteiger partial charge in [-0.2, -0.15) is 0 Å². The first-order valence-electron chi connectivity index (χ1n) is 8.72. The number of benzene rings is 2. The van der Waals surface area contributed by atoms with Gasteiger partial charge in [0.05, 0.1) is 18.9 Å². The molecule has 0 spiro atoms. The molecule has 1 aliphatic rings. The van der Waals surface area contributed by atoms with Gasteiger partial charge in [0.1, 0.15) is 0 Å². The zero-order chi connectivity index (χ0) is 17.8. The summed E-state index contributed by atoms with van der Waals surface area (Å²) in [6, 6.07) is 13.7. The lowest BCUT2D eigenvalue weighted by atomic mass is 10.0. The van der Waals surface area contributed by atoms with Gasteiger partial charge in [0.2, 0.25) is 0 Å². The second kappa shape index (κ2) is 7.43. The van der Waals surface area contributed by atoms with Gasteiger partial charge in [-0.15, -0.1) is 0 Å². The van der Waals surface area contributed by atoms with Crippen LogP contribution < -0.4 is 14.4 Å². The zero-order valence-corrected chi connectivity index (χ0v) is 14.9. The summed E-state index contributed by atoms with van der Waals surface area (Å²) in [5.74, 6) is 1.46. The Labute approximate surface area is 148 Å². The van der Waals surface area contributed by atoms with Crippen LogP contribution in [0.25, 0.3) is 11.6 Å². The van der Waals surface area contributed by atoms with E-state index < -0.39 is 0 Å². The highest BCUT2D eigenvalue weighted by Crippen LogP contribution is 2.38. The van der Waals surface area contributed by atoms with Crippen molar-refractivity contribution in [1.29, 1.82) is 0 Å². The van der Waals surface area contributed by atoms with Crippen LogP contribution in [0.4, 0.5) is 5.69 Å². The minimum Gasteiger partial charge on any atom is -0.490 e. The van der Waals surface area contributed by atoms with E-state index in [0.29, 0.717) is 31.1 Å². The lowest BCUT2D eigenvalue weighted by Crippen LogP contribution is -2.25. The predicted molar refractivity (Wildman–Crippen MR) is 101 cm³/mol. The average molecular weight is 337 g/mol. The number of hydrogen-bond acceptors (Lipinski definition) is 3. The smallest absolute Gasteiger partial charge is 0.258 e. The highest BCUT2D eigenvalue weighted by molar-refractivity contribution is 6.35. The van der Waals surface area contributed by atoms with Crippen molar-refractivity contribution in [1.82, 2.24) is 0 Å². The molecule has 0 aromatic heterocycles. The lowest BCUT2D eigenvalue weighted by Gasteiger charge is -2.13. The minimum atomic E-state index is 0.0375. The molecule has 130 valence electrons. The summed E-state index contributed by atoms with van der Waals surface area (Å²) in [5.41, 5.74) is 3.57. The minimum absolute atomic E-state index is 0.0375. The maximum absolute atomic E-state index is 12.8. The van der Waals surface area contributed by atoms with Crippen LogP contribution in [0.5, 0.6) is 11.5 Å². The summed E-state index contributed by atoms with van der Waals surface area (Å²) in [4.78, 5) is 14.6. The topological polar surface area (TPSA) is 38.8 Å². The quantitative estimate of drug-likeness (QED) is 0.734. The molecule has 1 aliphatic heterocycles. The number of fused-ring (bicyclic) bond motifs is 1. The molecule has 0 N–H and O–H groups in total. The van der Waals surface area contributed by atoms with Crippen molar-refractivity contribution in [2.75, 3.05) is 24.7 Å². The van der Waals surface area contributed by atoms with E-state index in [1.54, 1.807) is 4.90 Å². The van der Waals surface area contributed by atoms with E-state index in [-0.39, 0.29) is 5.91 Å². The Bertz CT molecular complexity index is 811. The standard InChI is InChI=1S/C21H23NO3/c1-4-22-18-10-8-7-9-16(18)17(21(22)23)13-15-11-12-19(24-5-2)20(14-15)25-6-3/h7-14H,4-6H2,1-3H3/b17-13-. The van der Waals surface area contributed by atoms with Gasteiger partial charge in [-0.05, 0) is 50.6 Å². The van der Waals surface area contributed by atoms with E-state index in [2.05, 4.69) is 0 Å². The van der Waals surface area contributed by atoms with Crippen molar-refractivity contribution < 1.29 is 14.3 Å². The van der Waals surface area contributed by atoms with Crippen molar-refractivity contribution in [3.05, 3.63) is 53.6 Å². The molecular weight excluding hydrogens is 314 g/mol. The molecule has 0 aliphatic carbocycles. The largest absolute Gasteiger partial charge is 0.490 e. The van der Waals surface area contributed by atoms with Gasteiger partial charge in [0.15, 0.2) is 11.5 Å². The Hall–Kier alpha value is -2.75. The molecule has 0 atom stereocenters. The predicted octanol–water partition coefficient (Wildman–Crippen LogP) is 4.39. The molecule has 1 amide bonds. The van der Waals surface area contributed by atoms with Crippen molar-refractivity contribution >= 4 is 23.2 Å². The normalized spacial score (nSPS) is 14.8. The summed E-state index contributed by atoms with van der Waals surface area (Å²) >= 11 is 0. The number of carbonyl (C=O) groups excluding carboxylic acids is 1. The van der Waals surface area contributed by atoms with Crippen LogP contribution >= 0.6 is 0 Å². The number of para-hydroxylation sites is 1. The monoisotopic (exact) mass is 337 g/mol. The molecule has 2 aromatic rings. The molecule has 0 unspecified atom stereocenters. The van der Waals surface area contributed by atoms with Crippen LogP contribution in [0.15, 0.2) is 42.5 Å². The lowest BCUT2D eigenvalue weighted by molar-refractivity contribution is -0.112. The van der Waals surface area contributed by atoms with E-state index in [1.165, 1.54) is 0 Å². The highest BCUT2D eigenvalue weighted by Gasteiger charge is 2.30. The molecular formula is C21H23NO3. The number of carbonyl (C=O) groups is 1. The third-order valence-electron chi connectivity index (χ3n) is 4.16. The summed E-state index contributed by atoms with van der Waals surface area (Å²) in [6.07, 6.45) is 1.93. The maximum atomic E-state index is 12.8. The van der Waals surface area contributed by atoms with Crippen LogP contribution in [0.2, 0.25) is 0 Å². The van der Waals surface area contributed by atoms with Gasteiger partial charge in [0.25, 0.3) is 5.91 Å². The van der Waals surface area contributed by atoms with Crippen molar-refractivity contribution in [2.45, 2.75) is 20.8 Å². The fourth-order valence-corrected chi connectivity index (χ4v) is 3.08. The Balaban J connectivity index is 2.03. The van der Waals surface area contributed by atoms with Gasteiger partial charge in [-0.25, -0.2) is 0 Å². The molecule has 4 heteroatoms. The second-order valence-corrected chi connectivity index (χ2v) is 5.70. The van der Waals surface area contributed by atoms with Crippen LogP contribution in [-0.4, -0.2) is 25.7 Å². The van der Waals surface area contributed by atoms with E-state index in [0.717, 1.165) is 22.6 Å². The summed E-state index contributed by atoms with van der Waals surface area (Å²) in [7, 11) is 0. The SMILES string of the molecule is CCOc1ccc(/C=C2\C(=O)N(CC)c3ccccc32)cc1OCC. The van der Waals surface area contributed by atoms with E-state index in [1.807, 2.05) is 69.3 Å². The van der Waals surface area contributed by atoms with E-state index in [4.69, 9.17) is 9.47 Å². The number of ether oxygens (including phenoxy) is 2. The Kier molecular flexibility index (Phi) is 5.08. The second-order valence-electron chi connectivity index (χ2n) is 5.70. The number of hydrogen-bond donors (Lipinski definition) is 0. The van der Waals surface area contributed by atoms with E-state index >= 15 is 0 Å². The fourth-order valence-electron chi connectivity index (χ4n) is 3.08. The summed E-state index contributed by atoms with van der Waals surface area (Å²) in [6.45, 7) is 7.67. The first kappa shape index (κ1) is 17.1. The molecule has 0 fully saturated rings. The number of anilines is 1. The van der Waals surface area contributed by atoms with Gasteiger partial charge in [-0.1, -0.05) is 24.3 Å². The first-order chi connectivity index (χ1) is 12.2. The number of likely N-dealkylation sites (N-methyl/N-ethyl adjacent to an activating group) is 1. The molecule has 1 heterocycles. The third kappa shape index (κ3) is 3.25. The van der Waals surface area contributed by atoms with Crippen molar-refractivity contribution in [2.24, 2.45) is 0 Å². The molecule has 2 aromatic carbocycles. The van der Waals surface area contributed by atoms with Gasteiger partial charge >= 0.3 is 0 Å². The highest BCUT2D eigenvalue weighted by atomic mass is 16.5. The molecule has 25 heavy (non-hydrogen) atoms. The molecule has 3 rings (SSSR count). The molecule has 4 nitrogen and oxygen atoms in total. The average Bonchev–Trinajstić information content (AvgIpc) is 2.89. The van der Waals surface area contributed by atoms with Crippen LogP contribution in [0.1, 0.15) is 31.9 Å². The summed E-state index contributed by atoms with van der Waals surface area (Å²) < 4.78 is 11.3. The van der Waals surface area contributed by atoms with Gasteiger partial charge in [-0.3, -0.25) is 4.79 Å². The van der Waals surface area contributed by atoms with Gasteiger partial charge in [0, 0.05) is 17.7 Å². The van der Waals surface area contributed by atoms with Crippen molar-refractivity contribution in [3.63, 3.8) is 0 Å². The van der Waals surface area contributed by atoms with Crippen molar-refractivity contribution in [3.8, 4) is 11.5 Å². The van der Waals surface area contributed by atoms with Gasteiger partial charge < -0.3 is 14.4 Å². The Morgan fingerprint density at radius 1 is 0.960 bits per heavy atom. The Morgan fingerprint density at radius 3 is 2.40 bits per heavy atom. The first-order valence-corrected chi connectivity index (χ1v) is 8.72. The Morgan fingerprint density at radius 2 is 1.68 bits per heavy atom. The van der Waals surface area contributed by atoms with Crippen LogP contribution in [-0.2, 0) is 4.79 Å². The van der Waals surface area contributed by atoms with Crippen LogP contribution in [0, 0.1) is 0 Å². The molecule has 0 bridgehead atoms. The van der Waals surface area contributed by atoms with E-state index in [9.17, 15) is 4.79 Å². The number of nitrogens with zero attached hydrogens (tertiary/aromatic N) is 1. The third-order valence-corrected chi connectivity index (χ3v) is 4.16. The fraction of sp³-hybridized carbons (Fsp3) is 0.286. The summed E-state index contributed by atoms with van der Waals surface area (Å²) in [5, 5.41) is 0. The zero-order valence-electron chi connectivity index (χ0n) is 14.9. The number of rotatable bonds is 6.